The molecule has 2 N–H and O–H groups in total. The van der Waals surface area contributed by atoms with Crippen LogP contribution in [0.4, 0.5) is 18.9 Å². The number of carbonyl (C=O) groups excluding carboxylic acids is 1. The highest BCUT2D eigenvalue weighted by molar-refractivity contribution is 6.04. The van der Waals surface area contributed by atoms with Gasteiger partial charge in [-0.1, -0.05) is 0 Å². The van der Waals surface area contributed by atoms with Crippen molar-refractivity contribution >= 4 is 11.6 Å². The van der Waals surface area contributed by atoms with Crippen LogP contribution in [0.25, 0.3) is 0 Å². The van der Waals surface area contributed by atoms with Gasteiger partial charge in [-0.2, -0.15) is 13.2 Å². The summed E-state index contributed by atoms with van der Waals surface area (Å²) in [7, 11) is 0. The minimum absolute atomic E-state index is 0.0411. The number of hydrogen-bond acceptors (Lipinski definition) is 3. The molecule has 2 aromatic rings. The fourth-order valence-electron chi connectivity index (χ4n) is 1.55. The lowest BCUT2D eigenvalue weighted by atomic mass is 10.2. The van der Waals surface area contributed by atoms with Crippen LogP contribution < -0.4 is 15.6 Å². The van der Waals surface area contributed by atoms with Gasteiger partial charge >= 0.3 is 6.18 Å². The number of hydrogen-bond donors (Lipinski definition) is 2. The second-order valence-electron chi connectivity index (χ2n) is 4.32. The predicted molar refractivity (Wildman–Crippen MR) is 73.0 cm³/mol. The van der Waals surface area contributed by atoms with Crippen LogP contribution in [0.15, 0.2) is 47.4 Å². The van der Waals surface area contributed by atoms with Gasteiger partial charge in [0, 0.05) is 18.0 Å². The topological polar surface area (TPSA) is 71.2 Å². The number of halogens is 3. The second kappa shape index (κ2) is 6.33. The zero-order chi connectivity index (χ0) is 16.2. The van der Waals surface area contributed by atoms with E-state index in [-0.39, 0.29) is 16.9 Å². The van der Waals surface area contributed by atoms with Gasteiger partial charge in [-0.05, 0) is 30.3 Å². The van der Waals surface area contributed by atoms with Gasteiger partial charge in [-0.3, -0.25) is 9.59 Å². The molecule has 0 aliphatic heterocycles. The highest BCUT2D eigenvalue weighted by Crippen LogP contribution is 2.20. The average Bonchev–Trinajstić information content (AvgIpc) is 2.46. The number of H-pyrrole nitrogens is 1. The molecule has 0 aliphatic rings. The number of amides is 1. The van der Waals surface area contributed by atoms with Crippen LogP contribution in [0.2, 0.25) is 0 Å². The van der Waals surface area contributed by atoms with Crippen LogP contribution in [0, 0.1) is 0 Å². The normalized spacial score (nSPS) is 11.0. The number of ether oxygens (including phenoxy) is 1. The molecule has 0 radical (unpaired) electrons. The van der Waals surface area contributed by atoms with Crippen LogP contribution in [-0.4, -0.2) is 23.7 Å². The second-order valence-corrected chi connectivity index (χ2v) is 4.32. The zero-order valence-corrected chi connectivity index (χ0v) is 11.1. The van der Waals surface area contributed by atoms with Gasteiger partial charge in [0.05, 0.1) is 5.56 Å². The van der Waals surface area contributed by atoms with Gasteiger partial charge in [0.25, 0.3) is 5.91 Å². The molecule has 0 aliphatic carbocycles. The van der Waals surface area contributed by atoms with Crippen molar-refractivity contribution in [3.8, 4) is 5.75 Å². The van der Waals surface area contributed by atoms with E-state index < -0.39 is 18.7 Å². The van der Waals surface area contributed by atoms with Crippen LogP contribution >= 0.6 is 0 Å². The van der Waals surface area contributed by atoms with E-state index in [0.717, 1.165) is 0 Å². The standard InChI is InChI=1S/C14H11F3N2O3/c15-14(16,17)8-22-11-4-2-10(3-5-11)19-13(21)9-1-6-12(20)18-7-9/h1-7H,8H2,(H,18,20)(H,19,21). The van der Waals surface area contributed by atoms with E-state index in [2.05, 4.69) is 15.0 Å². The van der Waals surface area contributed by atoms with Crippen LogP contribution in [-0.2, 0) is 0 Å². The first-order chi connectivity index (χ1) is 10.3. The largest absolute Gasteiger partial charge is 0.484 e. The summed E-state index contributed by atoms with van der Waals surface area (Å²) in [5, 5.41) is 2.54. The summed E-state index contributed by atoms with van der Waals surface area (Å²) in [5.74, 6) is -0.417. The summed E-state index contributed by atoms with van der Waals surface area (Å²) in [5.41, 5.74) is 0.301. The Morgan fingerprint density at radius 1 is 1.14 bits per heavy atom. The van der Waals surface area contributed by atoms with E-state index in [1.165, 1.54) is 42.6 Å². The Morgan fingerprint density at radius 3 is 2.36 bits per heavy atom. The molecule has 1 amide bonds. The third-order valence-corrected chi connectivity index (χ3v) is 2.56. The van der Waals surface area contributed by atoms with Crippen LogP contribution in [0.3, 0.4) is 0 Å². The number of alkyl halides is 3. The summed E-state index contributed by atoms with van der Waals surface area (Å²) >= 11 is 0. The molecule has 22 heavy (non-hydrogen) atoms. The lowest BCUT2D eigenvalue weighted by molar-refractivity contribution is -0.153. The van der Waals surface area contributed by atoms with Gasteiger partial charge in [-0.25, -0.2) is 0 Å². The number of rotatable bonds is 4. The summed E-state index contributed by atoms with van der Waals surface area (Å²) in [4.78, 5) is 25.1. The molecule has 0 bridgehead atoms. The number of pyridine rings is 1. The van der Waals surface area contributed by atoms with Crippen LogP contribution in [0.1, 0.15) is 10.4 Å². The molecular formula is C14H11F3N2O3. The number of aromatic nitrogens is 1. The highest BCUT2D eigenvalue weighted by Gasteiger charge is 2.28. The fourth-order valence-corrected chi connectivity index (χ4v) is 1.55. The molecule has 2 rings (SSSR count). The number of carbonyl (C=O) groups is 1. The number of anilines is 1. The average molecular weight is 312 g/mol. The Hall–Kier alpha value is -2.77. The third kappa shape index (κ3) is 4.65. The molecule has 0 saturated heterocycles. The quantitative estimate of drug-likeness (QED) is 0.911. The van der Waals surface area contributed by atoms with Gasteiger partial charge in [-0.15, -0.1) is 0 Å². The Bertz CT molecular complexity index is 688. The Balaban J connectivity index is 1.97. The number of benzene rings is 1. The van der Waals surface area contributed by atoms with Crippen molar-refractivity contribution in [3.63, 3.8) is 0 Å². The molecule has 116 valence electrons. The smallest absolute Gasteiger partial charge is 0.422 e. The maximum Gasteiger partial charge on any atom is 0.422 e. The number of aromatic amines is 1. The minimum atomic E-state index is -4.41. The van der Waals surface area contributed by atoms with E-state index in [1.807, 2.05) is 0 Å². The first-order valence-electron chi connectivity index (χ1n) is 6.13. The maximum atomic E-state index is 12.0. The van der Waals surface area contributed by atoms with E-state index in [1.54, 1.807) is 0 Å². The summed E-state index contributed by atoms with van der Waals surface area (Å²) in [6.45, 7) is -1.38. The molecule has 1 aromatic carbocycles. The molecule has 0 atom stereocenters. The zero-order valence-electron chi connectivity index (χ0n) is 11.1. The predicted octanol–water partition coefficient (Wildman–Crippen LogP) is 2.57. The van der Waals surface area contributed by atoms with E-state index in [0.29, 0.717) is 5.69 Å². The molecule has 0 saturated carbocycles. The van der Waals surface area contributed by atoms with Gasteiger partial charge in [0.1, 0.15) is 5.75 Å². The van der Waals surface area contributed by atoms with Crippen molar-refractivity contribution in [2.75, 3.05) is 11.9 Å². The monoisotopic (exact) mass is 312 g/mol. The SMILES string of the molecule is O=C(Nc1ccc(OCC(F)(F)F)cc1)c1ccc(=O)[nH]c1. The summed E-state index contributed by atoms with van der Waals surface area (Å²) in [6, 6.07) is 8.02. The lowest BCUT2D eigenvalue weighted by Crippen LogP contribution is -2.19. The first-order valence-corrected chi connectivity index (χ1v) is 6.13. The van der Waals surface area contributed by atoms with E-state index in [4.69, 9.17) is 0 Å². The van der Waals surface area contributed by atoms with Crippen molar-refractivity contribution in [2.45, 2.75) is 6.18 Å². The number of nitrogens with one attached hydrogen (secondary N) is 2. The van der Waals surface area contributed by atoms with Crippen LogP contribution in [0.5, 0.6) is 5.75 Å². The van der Waals surface area contributed by atoms with E-state index in [9.17, 15) is 22.8 Å². The molecule has 0 spiro atoms. The molecule has 8 heteroatoms. The Morgan fingerprint density at radius 2 is 1.82 bits per heavy atom. The first kappa shape index (κ1) is 15.6. The van der Waals surface area contributed by atoms with Crippen molar-refractivity contribution in [1.82, 2.24) is 4.98 Å². The molecular weight excluding hydrogens is 301 g/mol. The van der Waals surface area contributed by atoms with E-state index >= 15 is 0 Å². The van der Waals surface area contributed by atoms with Crippen molar-refractivity contribution in [2.24, 2.45) is 0 Å². The third-order valence-electron chi connectivity index (χ3n) is 2.56. The van der Waals surface area contributed by atoms with Crippen molar-refractivity contribution < 1.29 is 22.7 Å². The van der Waals surface area contributed by atoms with Gasteiger partial charge in [0.2, 0.25) is 5.56 Å². The summed E-state index contributed by atoms with van der Waals surface area (Å²) < 4.78 is 40.6. The molecule has 1 heterocycles. The fraction of sp³-hybridized carbons (Fsp3) is 0.143. The van der Waals surface area contributed by atoms with Gasteiger partial charge < -0.3 is 15.0 Å². The van der Waals surface area contributed by atoms with Gasteiger partial charge in [0.15, 0.2) is 6.61 Å². The Kier molecular flexibility index (Phi) is 4.50. The summed E-state index contributed by atoms with van der Waals surface area (Å²) in [6.07, 6.45) is -3.14. The molecule has 1 aromatic heterocycles. The Labute approximate surface area is 122 Å². The molecule has 0 fully saturated rings. The lowest BCUT2D eigenvalue weighted by Gasteiger charge is -2.10. The molecule has 5 nitrogen and oxygen atoms in total. The van der Waals surface area contributed by atoms with Crippen molar-refractivity contribution in [1.29, 1.82) is 0 Å². The minimum Gasteiger partial charge on any atom is -0.484 e. The van der Waals surface area contributed by atoms with Crippen molar-refractivity contribution in [3.05, 3.63) is 58.5 Å². The maximum absolute atomic E-state index is 12.0. The molecule has 0 unspecified atom stereocenters. The highest BCUT2D eigenvalue weighted by atomic mass is 19.4.